The number of nitrogens with one attached hydrogen (secondary N) is 1. The lowest BCUT2D eigenvalue weighted by Crippen LogP contribution is -2.39. The maximum atomic E-state index is 13.8. The Bertz CT molecular complexity index is 1100. The molecule has 0 spiro atoms. The number of aromatic nitrogens is 4. The van der Waals surface area contributed by atoms with Gasteiger partial charge in [-0.25, -0.2) is 19.3 Å². The Hall–Kier alpha value is -3.55. The van der Waals surface area contributed by atoms with Crippen LogP contribution in [0.2, 0.25) is 0 Å². The molecule has 7 nitrogen and oxygen atoms in total. The van der Waals surface area contributed by atoms with E-state index in [9.17, 15) is 4.39 Å². The molecule has 1 saturated carbocycles. The molecule has 0 unspecified atom stereocenters. The summed E-state index contributed by atoms with van der Waals surface area (Å²) in [6.45, 7) is 6.35. The third-order valence-electron chi connectivity index (χ3n) is 5.72. The monoisotopic (exact) mass is 433 g/mol. The quantitative estimate of drug-likeness (QED) is 0.545. The standard InChI is InChI=1S/C24H28FN7/c1-3-19-12-23(29-15-28-19)30-16(2)32(20-7-5-4-6-8-20)24-21(26)9-10-22(31-24)17-11-18(25)14-27-13-17/h9-15,20H,2-8,26H2,1H3,(H,28,29,30). The Balaban J connectivity index is 1.71. The molecular formula is C24H28FN7. The fourth-order valence-electron chi connectivity index (χ4n) is 4.09. The zero-order chi connectivity index (χ0) is 22.5. The molecule has 8 heteroatoms. The highest BCUT2D eigenvalue weighted by atomic mass is 19.1. The van der Waals surface area contributed by atoms with Crippen molar-refractivity contribution in [3.05, 3.63) is 66.9 Å². The maximum absolute atomic E-state index is 13.8. The normalized spacial score (nSPS) is 14.2. The minimum atomic E-state index is -0.409. The van der Waals surface area contributed by atoms with Crippen LogP contribution in [0.4, 0.5) is 21.7 Å². The molecule has 0 aromatic carbocycles. The van der Waals surface area contributed by atoms with E-state index < -0.39 is 5.82 Å². The lowest BCUT2D eigenvalue weighted by molar-refractivity contribution is 0.428. The number of rotatable bonds is 7. The molecule has 1 fully saturated rings. The summed E-state index contributed by atoms with van der Waals surface area (Å²) >= 11 is 0. The number of nitrogen functional groups attached to an aromatic ring is 1. The highest BCUT2D eigenvalue weighted by molar-refractivity contribution is 5.72. The molecule has 0 atom stereocenters. The van der Waals surface area contributed by atoms with Crippen LogP contribution in [0.25, 0.3) is 11.3 Å². The van der Waals surface area contributed by atoms with Crippen LogP contribution in [0, 0.1) is 5.82 Å². The van der Waals surface area contributed by atoms with Crippen LogP contribution < -0.4 is 16.0 Å². The van der Waals surface area contributed by atoms with Crippen molar-refractivity contribution in [1.29, 1.82) is 0 Å². The van der Waals surface area contributed by atoms with Gasteiger partial charge in [0.2, 0.25) is 0 Å². The average molecular weight is 434 g/mol. The molecule has 166 valence electrons. The number of halogens is 1. The molecule has 0 saturated heterocycles. The van der Waals surface area contributed by atoms with Crippen LogP contribution in [-0.4, -0.2) is 26.0 Å². The van der Waals surface area contributed by atoms with Crippen LogP contribution >= 0.6 is 0 Å². The van der Waals surface area contributed by atoms with Crippen molar-refractivity contribution in [3.63, 3.8) is 0 Å². The van der Waals surface area contributed by atoms with Gasteiger partial charge in [0.1, 0.15) is 23.8 Å². The van der Waals surface area contributed by atoms with E-state index in [4.69, 9.17) is 10.7 Å². The van der Waals surface area contributed by atoms with Gasteiger partial charge in [-0.15, -0.1) is 0 Å². The Kier molecular flexibility index (Phi) is 6.58. The molecule has 1 aliphatic carbocycles. The van der Waals surface area contributed by atoms with Gasteiger partial charge in [0, 0.05) is 29.6 Å². The second kappa shape index (κ2) is 9.72. The second-order valence-corrected chi connectivity index (χ2v) is 7.98. The summed E-state index contributed by atoms with van der Waals surface area (Å²) < 4.78 is 13.8. The van der Waals surface area contributed by atoms with Crippen LogP contribution in [0.1, 0.15) is 44.7 Å². The number of aryl methyl sites for hydroxylation is 1. The van der Waals surface area contributed by atoms with Crippen molar-refractivity contribution in [2.24, 2.45) is 0 Å². The first-order chi connectivity index (χ1) is 15.5. The van der Waals surface area contributed by atoms with Crippen LogP contribution in [-0.2, 0) is 6.42 Å². The van der Waals surface area contributed by atoms with E-state index in [0.717, 1.165) is 37.8 Å². The molecule has 32 heavy (non-hydrogen) atoms. The molecule has 3 heterocycles. The smallest absolute Gasteiger partial charge is 0.158 e. The first-order valence-electron chi connectivity index (χ1n) is 11.0. The second-order valence-electron chi connectivity index (χ2n) is 7.98. The van der Waals surface area contributed by atoms with Crippen molar-refractivity contribution in [2.75, 3.05) is 16.0 Å². The molecule has 0 aliphatic heterocycles. The van der Waals surface area contributed by atoms with E-state index in [0.29, 0.717) is 34.4 Å². The van der Waals surface area contributed by atoms with Crippen molar-refractivity contribution in [2.45, 2.75) is 51.5 Å². The van der Waals surface area contributed by atoms with Crippen molar-refractivity contribution in [3.8, 4) is 11.3 Å². The largest absolute Gasteiger partial charge is 0.396 e. The fraction of sp³-hybridized carbons (Fsp3) is 0.333. The van der Waals surface area contributed by atoms with Gasteiger partial charge in [0.15, 0.2) is 5.82 Å². The topological polar surface area (TPSA) is 92.9 Å². The molecule has 0 radical (unpaired) electrons. The summed E-state index contributed by atoms with van der Waals surface area (Å²) in [7, 11) is 0. The Labute approximate surface area is 187 Å². The molecule has 1 aliphatic rings. The van der Waals surface area contributed by atoms with Gasteiger partial charge in [-0.3, -0.25) is 4.98 Å². The maximum Gasteiger partial charge on any atom is 0.158 e. The number of hydrogen-bond acceptors (Lipinski definition) is 7. The number of nitrogens with zero attached hydrogens (tertiary/aromatic N) is 5. The SMILES string of the molecule is C=C(Nc1cc(CC)ncn1)N(c1nc(-c2cncc(F)c2)ccc1N)C1CCCCC1. The van der Waals surface area contributed by atoms with Gasteiger partial charge >= 0.3 is 0 Å². The zero-order valence-corrected chi connectivity index (χ0v) is 18.3. The van der Waals surface area contributed by atoms with Gasteiger partial charge in [-0.1, -0.05) is 32.8 Å². The zero-order valence-electron chi connectivity index (χ0n) is 18.3. The van der Waals surface area contributed by atoms with Gasteiger partial charge in [0.05, 0.1) is 17.6 Å². The van der Waals surface area contributed by atoms with Crippen molar-refractivity contribution < 1.29 is 4.39 Å². The number of nitrogens with two attached hydrogens (primary N) is 1. The fourth-order valence-corrected chi connectivity index (χ4v) is 4.09. The third-order valence-corrected chi connectivity index (χ3v) is 5.72. The molecular weight excluding hydrogens is 405 g/mol. The molecule has 3 aromatic rings. The summed E-state index contributed by atoms with van der Waals surface area (Å²) in [5.41, 5.74) is 9.06. The predicted molar refractivity (Wildman–Crippen MR) is 125 cm³/mol. The highest BCUT2D eigenvalue weighted by Crippen LogP contribution is 2.34. The van der Waals surface area contributed by atoms with Gasteiger partial charge in [0.25, 0.3) is 0 Å². The van der Waals surface area contributed by atoms with Gasteiger partial charge in [-0.2, -0.15) is 0 Å². The van der Waals surface area contributed by atoms with Gasteiger partial charge < -0.3 is 16.0 Å². The lowest BCUT2D eigenvalue weighted by atomic mass is 9.94. The van der Waals surface area contributed by atoms with Gasteiger partial charge in [-0.05, 0) is 37.5 Å². The first-order valence-corrected chi connectivity index (χ1v) is 11.0. The number of anilines is 3. The van der Waals surface area contributed by atoms with E-state index >= 15 is 0 Å². The summed E-state index contributed by atoms with van der Waals surface area (Å²) in [6, 6.07) is 7.11. The van der Waals surface area contributed by atoms with Crippen molar-refractivity contribution >= 4 is 17.3 Å². The number of pyridine rings is 2. The minimum Gasteiger partial charge on any atom is -0.396 e. The molecule has 0 bridgehead atoms. The first kappa shape index (κ1) is 21.7. The molecule has 0 amide bonds. The Morgan fingerprint density at radius 3 is 2.75 bits per heavy atom. The van der Waals surface area contributed by atoms with Crippen LogP contribution in [0.3, 0.4) is 0 Å². The van der Waals surface area contributed by atoms with Crippen LogP contribution in [0.5, 0.6) is 0 Å². The summed E-state index contributed by atoms with van der Waals surface area (Å²) in [5, 5.41) is 3.32. The van der Waals surface area contributed by atoms with E-state index in [2.05, 4.69) is 31.7 Å². The highest BCUT2D eigenvalue weighted by Gasteiger charge is 2.27. The Morgan fingerprint density at radius 1 is 1.19 bits per heavy atom. The third kappa shape index (κ3) is 4.85. The average Bonchev–Trinajstić information content (AvgIpc) is 2.81. The minimum absolute atomic E-state index is 0.201. The summed E-state index contributed by atoms with van der Waals surface area (Å²) in [6.07, 6.45) is 10.6. The van der Waals surface area contributed by atoms with E-state index in [1.165, 1.54) is 18.7 Å². The predicted octanol–water partition coefficient (Wildman–Crippen LogP) is 4.94. The lowest BCUT2D eigenvalue weighted by Gasteiger charge is -2.37. The van der Waals surface area contributed by atoms with Crippen LogP contribution in [0.15, 0.2) is 55.4 Å². The van der Waals surface area contributed by atoms with E-state index in [-0.39, 0.29) is 6.04 Å². The number of hydrogen-bond donors (Lipinski definition) is 2. The van der Waals surface area contributed by atoms with Crippen molar-refractivity contribution in [1.82, 2.24) is 19.9 Å². The summed E-state index contributed by atoms with van der Waals surface area (Å²) in [5.74, 6) is 1.51. The Morgan fingerprint density at radius 2 is 2.00 bits per heavy atom. The molecule has 3 N–H and O–H groups in total. The van der Waals surface area contributed by atoms with E-state index in [1.807, 2.05) is 13.0 Å². The molecule has 4 rings (SSSR count). The molecule has 3 aromatic heterocycles. The summed E-state index contributed by atoms with van der Waals surface area (Å²) in [4.78, 5) is 19.4. The van der Waals surface area contributed by atoms with E-state index in [1.54, 1.807) is 24.7 Å².